The molecular formula is C25H38N4O5. The Balaban J connectivity index is 3.31. The van der Waals surface area contributed by atoms with Crippen LogP contribution in [0.2, 0.25) is 0 Å². The number of carbonyl (C=O) groups is 3. The van der Waals surface area contributed by atoms with E-state index in [0.29, 0.717) is 12.1 Å². The number of nitriles is 1. The monoisotopic (exact) mass is 474 g/mol. The summed E-state index contributed by atoms with van der Waals surface area (Å²) in [6, 6.07) is 4.83. The van der Waals surface area contributed by atoms with E-state index >= 15 is 0 Å². The number of aliphatic hydroxyl groups is 1. The summed E-state index contributed by atoms with van der Waals surface area (Å²) in [5.41, 5.74) is 1.67. The van der Waals surface area contributed by atoms with Gasteiger partial charge in [0.2, 0.25) is 11.8 Å². The third-order valence-electron chi connectivity index (χ3n) is 5.18. The van der Waals surface area contributed by atoms with E-state index in [1.165, 1.54) is 0 Å². The summed E-state index contributed by atoms with van der Waals surface area (Å²) in [6.45, 7) is 10.2. The summed E-state index contributed by atoms with van der Waals surface area (Å²) in [4.78, 5) is 39.9. The SMILES string of the molecule is CCCCCNC(=O)C(c1ccc(C)c(C)c1)N(CC#N)C(=O)C(CO)NC(=O)OC(C)(C)C. The predicted molar refractivity (Wildman–Crippen MR) is 129 cm³/mol. The first-order valence-electron chi connectivity index (χ1n) is 11.6. The number of nitrogens with one attached hydrogen (secondary N) is 2. The molecule has 3 amide bonds. The van der Waals surface area contributed by atoms with Crippen molar-refractivity contribution in [1.29, 1.82) is 5.26 Å². The van der Waals surface area contributed by atoms with E-state index in [1.54, 1.807) is 32.9 Å². The first-order valence-corrected chi connectivity index (χ1v) is 11.6. The molecule has 0 saturated heterocycles. The van der Waals surface area contributed by atoms with Crippen LogP contribution in [0.1, 0.15) is 69.7 Å². The maximum Gasteiger partial charge on any atom is 0.408 e. The number of benzene rings is 1. The van der Waals surface area contributed by atoms with Crippen molar-refractivity contribution < 1.29 is 24.2 Å². The van der Waals surface area contributed by atoms with Crippen LogP contribution >= 0.6 is 0 Å². The van der Waals surface area contributed by atoms with Gasteiger partial charge in [0.25, 0.3) is 0 Å². The second-order valence-electron chi connectivity index (χ2n) is 9.25. The smallest absolute Gasteiger partial charge is 0.408 e. The van der Waals surface area contributed by atoms with Crippen LogP contribution in [0.4, 0.5) is 4.79 Å². The molecule has 188 valence electrons. The summed E-state index contributed by atoms with van der Waals surface area (Å²) in [7, 11) is 0. The van der Waals surface area contributed by atoms with Crippen molar-refractivity contribution in [1.82, 2.24) is 15.5 Å². The summed E-state index contributed by atoms with van der Waals surface area (Å²) in [6.07, 6.45) is 1.84. The number of ether oxygens (including phenoxy) is 1. The molecule has 3 N–H and O–H groups in total. The first-order chi connectivity index (χ1) is 15.9. The van der Waals surface area contributed by atoms with Gasteiger partial charge < -0.3 is 25.4 Å². The number of aliphatic hydroxyl groups excluding tert-OH is 1. The van der Waals surface area contributed by atoms with Crippen LogP contribution in [-0.4, -0.2) is 59.3 Å². The topological polar surface area (TPSA) is 132 Å². The Morgan fingerprint density at radius 2 is 1.85 bits per heavy atom. The van der Waals surface area contributed by atoms with Crippen LogP contribution in [-0.2, 0) is 14.3 Å². The van der Waals surface area contributed by atoms with Gasteiger partial charge in [-0.25, -0.2) is 4.79 Å². The molecule has 0 spiro atoms. The zero-order chi connectivity index (χ0) is 25.9. The normalized spacial score (nSPS) is 12.8. The van der Waals surface area contributed by atoms with Crippen molar-refractivity contribution in [3.05, 3.63) is 34.9 Å². The fourth-order valence-corrected chi connectivity index (χ4v) is 3.30. The summed E-state index contributed by atoms with van der Waals surface area (Å²) >= 11 is 0. The van der Waals surface area contributed by atoms with E-state index in [9.17, 15) is 24.8 Å². The molecule has 9 heteroatoms. The van der Waals surface area contributed by atoms with Gasteiger partial charge in [-0.15, -0.1) is 0 Å². The summed E-state index contributed by atoms with van der Waals surface area (Å²) in [5.74, 6) is -1.20. The number of amides is 3. The lowest BCUT2D eigenvalue weighted by Gasteiger charge is -2.32. The zero-order valence-corrected chi connectivity index (χ0v) is 21.1. The second-order valence-corrected chi connectivity index (χ2v) is 9.25. The Morgan fingerprint density at radius 3 is 2.38 bits per heavy atom. The van der Waals surface area contributed by atoms with E-state index in [1.807, 2.05) is 26.0 Å². The quantitative estimate of drug-likeness (QED) is 0.334. The van der Waals surface area contributed by atoms with Crippen molar-refractivity contribution in [2.24, 2.45) is 0 Å². The Hall–Kier alpha value is -3.12. The van der Waals surface area contributed by atoms with E-state index in [-0.39, 0.29) is 0 Å². The molecule has 0 aliphatic rings. The highest BCUT2D eigenvalue weighted by atomic mass is 16.6. The molecule has 1 aromatic carbocycles. The maximum absolute atomic E-state index is 13.4. The van der Waals surface area contributed by atoms with E-state index in [2.05, 4.69) is 17.6 Å². The molecule has 0 bridgehead atoms. The molecule has 0 saturated carbocycles. The molecule has 9 nitrogen and oxygen atoms in total. The van der Waals surface area contributed by atoms with Gasteiger partial charge in [-0.05, 0) is 57.7 Å². The van der Waals surface area contributed by atoms with Gasteiger partial charge in [-0.3, -0.25) is 9.59 Å². The van der Waals surface area contributed by atoms with Crippen LogP contribution in [0, 0.1) is 25.2 Å². The number of nitrogens with zero attached hydrogens (tertiary/aromatic N) is 2. The minimum absolute atomic E-state index is 0.411. The molecular weight excluding hydrogens is 436 g/mol. The molecule has 0 aliphatic heterocycles. The highest BCUT2D eigenvalue weighted by Gasteiger charge is 2.36. The van der Waals surface area contributed by atoms with Gasteiger partial charge in [0.1, 0.15) is 24.2 Å². The lowest BCUT2D eigenvalue weighted by atomic mass is 9.98. The third-order valence-corrected chi connectivity index (χ3v) is 5.18. The summed E-state index contributed by atoms with van der Waals surface area (Å²) in [5, 5.41) is 24.5. The Morgan fingerprint density at radius 1 is 1.18 bits per heavy atom. The molecule has 34 heavy (non-hydrogen) atoms. The average molecular weight is 475 g/mol. The van der Waals surface area contributed by atoms with E-state index in [0.717, 1.165) is 35.3 Å². The molecule has 0 aromatic heterocycles. The van der Waals surface area contributed by atoms with Gasteiger partial charge in [0, 0.05) is 6.54 Å². The minimum Gasteiger partial charge on any atom is -0.444 e. The number of carbonyl (C=O) groups excluding carboxylic acids is 3. The van der Waals surface area contributed by atoms with E-state index < -0.39 is 48.7 Å². The van der Waals surface area contributed by atoms with Gasteiger partial charge >= 0.3 is 6.09 Å². The fourth-order valence-electron chi connectivity index (χ4n) is 3.30. The Kier molecular flexibility index (Phi) is 11.5. The van der Waals surface area contributed by atoms with Gasteiger partial charge in [-0.2, -0.15) is 5.26 Å². The van der Waals surface area contributed by atoms with Crippen LogP contribution < -0.4 is 10.6 Å². The molecule has 1 rings (SSSR count). The van der Waals surface area contributed by atoms with Crippen molar-refractivity contribution in [2.75, 3.05) is 19.7 Å². The molecule has 1 aromatic rings. The lowest BCUT2D eigenvalue weighted by Crippen LogP contribution is -2.54. The molecule has 2 atom stereocenters. The number of alkyl carbamates (subject to hydrolysis) is 1. The van der Waals surface area contributed by atoms with E-state index in [4.69, 9.17) is 4.74 Å². The number of unbranched alkanes of at least 4 members (excludes halogenated alkanes) is 2. The van der Waals surface area contributed by atoms with Gasteiger partial charge in [0.15, 0.2) is 0 Å². The number of aryl methyl sites for hydroxylation is 2. The summed E-state index contributed by atoms with van der Waals surface area (Å²) < 4.78 is 5.18. The number of rotatable bonds is 11. The third kappa shape index (κ3) is 9.02. The average Bonchev–Trinajstić information content (AvgIpc) is 2.75. The largest absolute Gasteiger partial charge is 0.444 e. The molecule has 0 radical (unpaired) electrons. The second kappa shape index (κ2) is 13.6. The highest BCUT2D eigenvalue weighted by Crippen LogP contribution is 2.24. The molecule has 0 fully saturated rings. The van der Waals surface area contributed by atoms with Crippen LogP contribution in [0.25, 0.3) is 0 Å². The fraction of sp³-hybridized carbons (Fsp3) is 0.600. The number of hydrogen-bond donors (Lipinski definition) is 3. The van der Waals surface area contributed by atoms with Crippen molar-refractivity contribution >= 4 is 17.9 Å². The highest BCUT2D eigenvalue weighted by molar-refractivity contribution is 5.92. The van der Waals surface area contributed by atoms with Gasteiger partial charge in [0.05, 0.1) is 12.7 Å². The minimum atomic E-state index is -1.38. The van der Waals surface area contributed by atoms with Crippen molar-refractivity contribution in [2.45, 2.75) is 78.5 Å². The maximum atomic E-state index is 13.4. The Labute approximate surface area is 202 Å². The first kappa shape index (κ1) is 28.9. The van der Waals surface area contributed by atoms with Crippen LogP contribution in [0.5, 0.6) is 0 Å². The van der Waals surface area contributed by atoms with Crippen molar-refractivity contribution in [3.8, 4) is 6.07 Å². The molecule has 2 unspecified atom stereocenters. The van der Waals surface area contributed by atoms with Gasteiger partial charge in [-0.1, -0.05) is 38.0 Å². The zero-order valence-electron chi connectivity index (χ0n) is 21.1. The van der Waals surface area contributed by atoms with Crippen LogP contribution in [0.3, 0.4) is 0 Å². The van der Waals surface area contributed by atoms with Crippen molar-refractivity contribution in [3.63, 3.8) is 0 Å². The molecule has 0 heterocycles. The predicted octanol–water partition coefficient (Wildman–Crippen LogP) is 2.89. The molecule has 0 aliphatic carbocycles. The number of hydrogen-bond acceptors (Lipinski definition) is 6. The lowest BCUT2D eigenvalue weighted by molar-refractivity contribution is -0.142. The standard InChI is InChI=1S/C25H38N4O5/c1-7-8-9-13-27-22(31)21(19-11-10-17(2)18(3)15-19)29(14-12-26)23(32)20(16-30)28-24(33)34-25(4,5)6/h10-11,15,20-21,30H,7-9,13-14,16H2,1-6H3,(H,27,31)(H,28,33). The Bertz CT molecular complexity index is 888. The van der Waals surface area contributed by atoms with Crippen LogP contribution in [0.15, 0.2) is 18.2 Å².